The Morgan fingerprint density at radius 1 is 0.367 bits per heavy atom. The fourth-order valence-corrected chi connectivity index (χ4v) is 7.77. The number of furan rings is 1. The van der Waals surface area contributed by atoms with Crippen molar-refractivity contribution in [2.75, 3.05) is 0 Å². The summed E-state index contributed by atoms with van der Waals surface area (Å²) in [5.41, 5.74) is 10.7. The fraction of sp³-hybridized carbons (Fsp3) is 0. The van der Waals surface area contributed by atoms with E-state index in [1.54, 1.807) is 6.07 Å². The number of hydrogen-bond acceptors (Lipinski definition) is 1. The molecule has 0 saturated carbocycles. The first kappa shape index (κ1) is 25.6. The summed E-state index contributed by atoms with van der Waals surface area (Å²) in [4.78, 5) is 0. The Morgan fingerprint density at radius 3 is 1.82 bits per heavy atom. The third-order valence-electron chi connectivity index (χ3n) is 9.91. The normalized spacial score (nSPS) is 12.2. The summed E-state index contributed by atoms with van der Waals surface area (Å²) in [5, 5.41) is 9.01. The summed E-state index contributed by atoms with van der Waals surface area (Å²) in [7, 11) is 0. The number of hydrogen-bond donors (Lipinski definition) is 0. The molecule has 0 unspecified atom stereocenters. The first-order valence-electron chi connectivity index (χ1n) is 17.7. The number of fused-ring (bicyclic) bond motifs is 6. The minimum atomic E-state index is 0.395. The third-order valence-corrected chi connectivity index (χ3v) is 9.91. The van der Waals surface area contributed by atoms with E-state index < -0.39 is 0 Å². The van der Waals surface area contributed by atoms with E-state index in [1.807, 2.05) is 36.4 Å². The zero-order valence-electron chi connectivity index (χ0n) is 28.6. The Balaban J connectivity index is 1.21. The summed E-state index contributed by atoms with van der Waals surface area (Å²) in [6, 6.07) is 60.4. The highest BCUT2D eigenvalue weighted by molar-refractivity contribution is 6.23. The second kappa shape index (κ2) is 11.1. The standard InChI is InChI=1S/C48H30O/c1-2-14-32-29-34(28-27-31(32)13-1)36-17-3-4-18-38(36)47-41-21-7-5-19-39(41)46(40-20-6-8-22-42(40)47)35-16-11-15-33(30-35)37-24-12-26-45-48(37)43-23-9-10-25-44(43)49-45/h1-30H/i1D,25D. The van der Waals surface area contributed by atoms with Crippen LogP contribution in [0.2, 0.25) is 0 Å². The van der Waals surface area contributed by atoms with E-state index in [0.717, 1.165) is 49.4 Å². The van der Waals surface area contributed by atoms with E-state index in [-0.39, 0.29) is 0 Å². The average Bonchev–Trinajstić information content (AvgIpc) is 3.57. The topological polar surface area (TPSA) is 13.1 Å². The van der Waals surface area contributed by atoms with Gasteiger partial charge in [-0.15, -0.1) is 0 Å². The van der Waals surface area contributed by atoms with Crippen LogP contribution in [0, 0.1) is 0 Å². The second-order valence-corrected chi connectivity index (χ2v) is 12.6. The van der Waals surface area contributed by atoms with Gasteiger partial charge in [-0.2, -0.15) is 0 Å². The predicted octanol–water partition coefficient (Wildman–Crippen LogP) is 13.7. The first-order chi connectivity index (χ1) is 25.1. The van der Waals surface area contributed by atoms with Crippen molar-refractivity contribution in [3.8, 4) is 44.5 Å². The monoisotopic (exact) mass is 624 g/mol. The van der Waals surface area contributed by atoms with Crippen LogP contribution >= 0.6 is 0 Å². The van der Waals surface area contributed by atoms with Gasteiger partial charge in [0.1, 0.15) is 11.2 Å². The maximum atomic E-state index is 8.45. The quantitative estimate of drug-likeness (QED) is 0.178. The highest BCUT2D eigenvalue weighted by Gasteiger charge is 2.20. The van der Waals surface area contributed by atoms with Crippen molar-refractivity contribution in [2.45, 2.75) is 0 Å². The maximum absolute atomic E-state index is 8.45. The number of para-hydroxylation sites is 1. The van der Waals surface area contributed by atoms with Gasteiger partial charge in [0.25, 0.3) is 0 Å². The second-order valence-electron chi connectivity index (χ2n) is 12.6. The third kappa shape index (κ3) is 4.40. The molecular formula is C48H30O. The van der Waals surface area contributed by atoms with Gasteiger partial charge in [0.15, 0.2) is 0 Å². The lowest BCUT2D eigenvalue weighted by Crippen LogP contribution is -1.93. The molecule has 9 aromatic carbocycles. The van der Waals surface area contributed by atoms with Gasteiger partial charge in [-0.3, -0.25) is 0 Å². The van der Waals surface area contributed by atoms with Gasteiger partial charge in [-0.05, 0) is 101 Å². The minimum absolute atomic E-state index is 0.395. The Hall–Kier alpha value is -6.44. The molecule has 1 aromatic heterocycles. The van der Waals surface area contributed by atoms with Gasteiger partial charge in [-0.1, -0.05) is 158 Å². The molecule has 10 aromatic rings. The molecule has 10 rings (SSSR count). The Morgan fingerprint density at radius 2 is 1.00 bits per heavy atom. The maximum Gasteiger partial charge on any atom is 0.136 e. The van der Waals surface area contributed by atoms with Crippen LogP contribution in [0.4, 0.5) is 0 Å². The van der Waals surface area contributed by atoms with Gasteiger partial charge in [0.05, 0.1) is 2.74 Å². The van der Waals surface area contributed by atoms with Gasteiger partial charge in [0, 0.05) is 10.8 Å². The van der Waals surface area contributed by atoms with Crippen molar-refractivity contribution in [3.05, 3.63) is 182 Å². The molecule has 0 aliphatic rings. The molecule has 0 aliphatic heterocycles. The molecule has 228 valence electrons. The average molecular weight is 625 g/mol. The molecular weight excluding hydrogens is 593 g/mol. The molecule has 0 radical (unpaired) electrons. The van der Waals surface area contributed by atoms with Gasteiger partial charge in [-0.25, -0.2) is 0 Å². The van der Waals surface area contributed by atoms with Gasteiger partial charge >= 0.3 is 0 Å². The largest absolute Gasteiger partial charge is 0.456 e. The molecule has 0 N–H and O–H groups in total. The summed E-state index contributed by atoms with van der Waals surface area (Å²) in [6.07, 6.45) is 0. The van der Waals surface area contributed by atoms with E-state index in [2.05, 4.69) is 127 Å². The lowest BCUT2D eigenvalue weighted by atomic mass is 9.83. The van der Waals surface area contributed by atoms with Crippen molar-refractivity contribution >= 4 is 54.3 Å². The molecule has 0 spiro atoms. The highest BCUT2D eigenvalue weighted by Crippen LogP contribution is 2.47. The van der Waals surface area contributed by atoms with E-state index in [1.165, 1.54) is 43.8 Å². The van der Waals surface area contributed by atoms with Gasteiger partial charge in [0.2, 0.25) is 0 Å². The van der Waals surface area contributed by atoms with E-state index >= 15 is 0 Å². The Bertz CT molecular complexity index is 2950. The van der Waals surface area contributed by atoms with Crippen LogP contribution in [0.15, 0.2) is 186 Å². The van der Waals surface area contributed by atoms with Crippen LogP contribution in [0.5, 0.6) is 0 Å². The van der Waals surface area contributed by atoms with E-state index in [4.69, 9.17) is 7.16 Å². The minimum Gasteiger partial charge on any atom is -0.456 e. The molecule has 1 heterocycles. The summed E-state index contributed by atoms with van der Waals surface area (Å²) < 4.78 is 22.7. The smallest absolute Gasteiger partial charge is 0.136 e. The fourth-order valence-electron chi connectivity index (χ4n) is 7.77. The molecule has 1 heteroatoms. The molecule has 0 atom stereocenters. The molecule has 0 fully saturated rings. The summed E-state index contributed by atoms with van der Waals surface area (Å²) in [6.45, 7) is 0. The van der Waals surface area contributed by atoms with Crippen molar-refractivity contribution in [3.63, 3.8) is 0 Å². The predicted molar refractivity (Wildman–Crippen MR) is 208 cm³/mol. The van der Waals surface area contributed by atoms with Gasteiger partial charge < -0.3 is 4.42 Å². The molecule has 1 nitrogen and oxygen atoms in total. The molecule has 0 amide bonds. The van der Waals surface area contributed by atoms with Crippen LogP contribution in [0.25, 0.3) is 98.8 Å². The molecule has 0 saturated heterocycles. The lowest BCUT2D eigenvalue weighted by molar-refractivity contribution is 0.669. The SMILES string of the molecule is [2H]c1ccc2cc(-c3ccccc3-c3c4ccccc4c(-c4cccc(-c5cccc6oc7c([2H])cccc7c56)c4)c4ccccc34)ccc2c1. The highest BCUT2D eigenvalue weighted by atomic mass is 16.3. The number of benzene rings is 9. The van der Waals surface area contributed by atoms with Crippen LogP contribution in [-0.4, -0.2) is 0 Å². The van der Waals surface area contributed by atoms with Crippen molar-refractivity contribution < 1.29 is 7.16 Å². The Labute approximate surface area is 287 Å². The van der Waals surface area contributed by atoms with Crippen molar-refractivity contribution in [1.82, 2.24) is 0 Å². The first-order valence-corrected chi connectivity index (χ1v) is 16.7. The molecule has 0 aliphatic carbocycles. The van der Waals surface area contributed by atoms with Crippen LogP contribution < -0.4 is 0 Å². The van der Waals surface area contributed by atoms with Crippen molar-refractivity contribution in [1.29, 1.82) is 0 Å². The van der Waals surface area contributed by atoms with Crippen molar-refractivity contribution in [2.24, 2.45) is 0 Å². The summed E-state index contributed by atoms with van der Waals surface area (Å²) >= 11 is 0. The zero-order valence-corrected chi connectivity index (χ0v) is 26.6. The zero-order chi connectivity index (χ0) is 34.1. The van der Waals surface area contributed by atoms with Crippen LogP contribution in [0.1, 0.15) is 2.74 Å². The summed E-state index contributed by atoms with van der Waals surface area (Å²) in [5.74, 6) is 0. The van der Waals surface area contributed by atoms with E-state index in [9.17, 15) is 0 Å². The molecule has 49 heavy (non-hydrogen) atoms. The lowest BCUT2D eigenvalue weighted by Gasteiger charge is -2.20. The molecule has 0 bridgehead atoms. The number of rotatable bonds is 4. The van der Waals surface area contributed by atoms with Crippen LogP contribution in [0.3, 0.4) is 0 Å². The Kier molecular flexibility index (Phi) is 5.79. The van der Waals surface area contributed by atoms with E-state index in [0.29, 0.717) is 17.7 Å². The van der Waals surface area contributed by atoms with Crippen LogP contribution in [-0.2, 0) is 0 Å².